The molecule has 0 aliphatic carbocycles. The molecule has 2 rings (SSSR count). The minimum Gasteiger partial charge on any atom is -0.491 e. The number of nitrogens with one attached hydrogen (secondary N) is 1. The van der Waals surface area contributed by atoms with Gasteiger partial charge in [0, 0.05) is 24.2 Å². The second-order valence-corrected chi connectivity index (χ2v) is 4.83. The molecular formula is C15H17ClFN3O. The average Bonchev–Trinajstić information content (AvgIpc) is 2.42. The molecule has 0 atom stereocenters. The zero-order valence-corrected chi connectivity index (χ0v) is 12.7. The molecular weight excluding hydrogens is 293 g/mol. The summed E-state index contributed by atoms with van der Waals surface area (Å²) in [6.07, 6.45) is 1.67. The Morgan fingerprint density at radius 3 is 2.71 bits per heavy atom. The lowest BCUT2D eigenvalue weighted by Crippen LogP contribution is -2.01. The van der Waals surface area contributed by atoms with E-state index in [1.54, 1.807) is 18.2 Å². The SMILES string of the molecule is CCCc1nc(Cl)cc(Nc2ccc(OCC)c(F)c2)n1. The smallest absolute Gasteiger partial charge is 0.167 e. The molecule has 0 radical (unpaired) electrons. The van der Waals surface area contributed by atoms with Crippen LogP contribution in [0.15, 0.2) is 24.3 Å². The van der Waals surface area contributed by atoms with E-state index in [4.69, 9.17) is 16.3 Å². The highest BCUT2D eigenvalue weighted by Crippen LogP contribution is 2.24. The van der Waals surface area contributed by atoms with Gasteiger partial charge in [0.15, 0.2) is 11.6 Å². The van der Waals surface area contributed by atoms with Crippen molar-refractivity contribution in [2.24, 2.45) is 0 Å². The van der Waals surface area contributed by atoms with Crippen LogP contribution in [0, 0.1) is 5.82 Å². The molecule has 6 heteroatoms. The number of hydrogen-bond donors (Lipinski definition) is 1. The molecule has 0 fully saturated rings. The van der Waals surface area contributed by atoms with Gasteiger partial charge in [-0.05, 0) is 25.5 Å². The molecule has 0 aliphatic heterocycles. The van der Waals surface area contributed by atoms with Gasteiger partial charge in [0.05, 0.1) is 6.61 Å². The largest absolute Gasteiger partial charge is 0.491 e. The molecule has 0 bridgehead atoms. The molecule has 0 amide bonds. The Morgan fingerprint density at radius 2 is 2.05 bits per heavy atom. The van der Waals surface area contributed by atoms with E-state index < -0.39 is 5.82 Å². The first-order valence-corrected chi connectivity index (χ1v) is 7.23. The Balaban J connectivity index is 2.19. The fourth-order valence-corrected chi connectivity index (χ4v) is 2.06. The molecule has 4 nitrogen and oxygen atoms in total. The minimum absolute atomic E-state index is 0.232. The summed E-state index contributed by atoms with van der Waals surface area (Å²) in [6.45, 7) is 4.27. The van der Waals surface area contributed by atoms with Crippen molar-refractivity contribution in [2.75, 3.05) is 11.9 Å². The van der Waals surface area contributed by atoms with Crippen molar-refractivity contribution in [2.45, 2.75) is 26.7 Å². The van der Waals surface area contributed by atoms with Crippen LogP contribution in [0.5, 0.6) is 5.75 Å². The maximum Gasteiger partial charge on any atom is 0.167 e. The number of hydrogen-bond acceptors (Lipinski definition) is 4. The van der Waals surface area contributed by atoms with Crippen LogP contribution in [0.3, 0.4) is 0 Å². The van der Waals surface area contributed by atoms with Gasteiger partial charge in [0.1, 0.15) is 16.8 Å². The average molecular weight is 310 g/mol. The quantitative estimate of drug-likeness (QED) is 0.805. The number of ether oxygens (including phenoxy) is 1. The van der Waals surface area contributed by atoms with Gasteiger partial charge in [-0.1, -0.05) is 18.5 Å². The molecule has 1 heterocycles. The van der Waals surface area contributed by atoms with Crippen LogP contribution in [-0.4, -0.2) is 16.6 Å². The van der Waals surface area contributed by atoms with Crippen LogP contribution in [0.2, 0.25) is 5.15 Å². The van der Waals surface area contributed by atoms with Crippen LogP contribution in [0.1, 0.15) is 26.1 Å². The topological polar surface area (TPSA) is 47.0 Å². The Labute approximate surface area is 128 Å². The molecule has 0 aliphatic rings. The molecule has 1 aromatic carbocycles. The summed E-state index contributed by atoms with van der Waals surface area (Å²) in [5, 5.41) is 3.39. The number of aryl methyl sites for hydroxylation is 1. The molecule has 0 spiro atoms. The fourth-order valence-electron chi connectivity index (χ4n) is 1.86. The first-order chi connectivity index (χ1) is 10.1. The maximum atomic E-state index is 13.8. The van der Waals surface area contributed by atoms with Gasteiger partial charge in [0.25, 0.3) is 0 Å². The van der Waals surface area contributed by atoms with Gasteiger partial charge in [-0.3, -0.25) is 0 Å². The van der Waals surface area contributed by atoms with Crippen molar-refractivity contribution in [1.82, 2.24) is 9.97 Å². The molecule has 0 unspecified atom stereocenters. The minimum atomic E-state index is -0.421. The number of nitrogens with zero attached hydrogens (tertiary/aromatic N) is 2. The summed E-state index contributed by atoms with van der Waals surface area (Å²) in [7, 11) is 0. The van der Waals surface area contributed by atoms with E-state index in [0.717, 1.165) is 12.8 Å². The van der Waals surface area contributed by atoms with Crippen LogP contribution in [0.4, 0.5) is 15.9 Å². The van der Waals surface area contributed by atoms with E-state index in [-0.39, 0.29) is 5.75 Å². The molecule has 1 aromatic heterocycles. The summed E-state index contributed by atoms with van der Waals surface area (Å²) in [5.74, 6) is 1.02. The predicted molar refractivity (Wildman–Crippen MR) is 81.9 cm³/mol. The number of rotatable bonds is 6. The van der Waals surface area contributed by atoms with Gasteiger partial charge >= 0.3 is 0 Å². The number of benzene rings is 1. The number of anilines is 2. The molecule has 0 saturated heterocycles. The molecule has 21 heavy (non-hydrogen) atoms. The second-order valence-electron chi connectivity index (χ2n) is 4.45. The number of aromatic nitrogens is 2. The Bertz CT molecular complexity index is 622. The highest BCUT2D eigenvalue weighted by Gasteiger charge is 2.07. The van der Waals surface area contributed by atoms with Crippen molar-refractivity contribution in [3.05, 3.63) is 41.1 Å². The van der Waals surface area contributed by atoms with E-state index in [9.17, 15) is 4.39 Å². The van der Waals surface area contributed by atoms with Gasteiger partial charge in [0.2, 0.25) is 0 Å². The third-order valence-electron chi connectivity index (χ3n) is 2.72. The normalized spacial score (nSPS) is 10.5. The number of halogens is 2. The van der Waals surface area contributed by atoms with Gasteiger partial charge in [-0.25, -0.2) is 14.4 Å². The van der Waals surface area contributed by atoms with Gasteiger partial charge in [-0.2, -0.15) is 0 Å². The third kappa shape index (κ3) is 4.29. The standard InChI is InChI=1S/C15H17ClFN3O/c1-3-5-14-19-13(16)9-15(20-14)18-10-6-7-12(21-4-2)11(17)8-10/h6-9H,3-5H2,1-2H3,(H,18,19,20). The highest BCUT2D eigenvalue weighted by molar-refractivity contribution is 6.29. The van der Waals surface area contributed by atoms with Crippen LogP contribution in [0.25, 0.3) is 0 Å². The maximum absolute atomic E-state index is 13.8. The molecule has 2 aromatic rings. The zero-order chi connectivity index (χ0) is 15.2. The van der Waals surface area contributed by atoms with Gasteiger partial charge in [-0.15, -0.1) is 0 Å². The lowest BCUT2D eigenvalue weighted by Gasteiger charge is -2.10. The van der Waals surface area contributed by atoms with Crippen LogP contribution < -0.4 is 10.1 Å². The van der Waals surface area contributed by atoms with Crippen molar-refractivity contribution in [1.29, 1.82) is 0 Å². The summed E-state index contributed by atoms with van der Waals surface area (Å²) >= 11 is 5.96. The summed E-state index contributed by atoms with van der Waals surface area (Å²) in [6, 6.07) is 6.27. The lowest BCUT2D eigenvalue weighted by molar-refractivity contribution is 0.321. The van der Waals surface area contributed by atoms with Crippen molar-refractivity contribution < 1.29 is 9.13 Å². The summed E-state index contributed by atoms with van der Waals surface area (Å²) in [5.41, 5.74) is 0.577. The first kappa shape index (κ1) is 15.5. The zero-order valence-electron chi connectivity index (χ0n) is 12.0. The highest BCUT2D eigenvalue weighted by atomic mass is 35.5. The Kier molecular flexibility index (Phi) is 5.33. The van der Waals surface area contributed by atoms with E-state index in [1.165, 1.54) is 6.07 Å². The van der Waals surface area contributed by atoms with E-state index in [0.29, 0.717) is 29.1 Å². The Morgan fingerprint density at radius 1 is 1.24 bits per heavy atom. The van der Waals surface area contributed by atoms with E-state index in [1.807, 2.05) is 13.8 Å². The second kappa shape index (κ2) is 7.22. The predicted octanol–water partition coefficient (Wildman–Crippen LogP) is 4.36. The van der Waals surface area contributed by atoms with Crippen molar-refractivity contribution >= 4 is 23.1 Å². The summed E-state index contributed by atoms with van der Waals surface area (Å²) < 4.78 is 19.0. The first-order valence-electron chi connectivity index (χ1n) is 6.85. The van der Waals surface area contributed by atoms with Crippen molar-refractivity contribution in [3.8, 4) is 5.75 Å². The van der Waals surface area contributed by atoms with E-state index >= 15 is 0 Å². The Hall–Kier alpha value is -1.88. The summed E-state index contributed by atoms with van der Waals surface area (Å²) in [4.78, 5) is 8.49. The fraction of sp³-hybridized carbons (Fsp3) is 0.333. The van der Waals surface area contributed by atoms with Crippen LogP contribution >= 0.6 is 11.6 Å². The third-order valence-corrected chi connectivity index (χ3v) is 2.91. The monoisotopic (exact) mass is 309 g/mol. The van der Waals surface area contributed by atoms with Crippen LogP contribution in [-0.2, 0) is 6.42 Å². The van der Waals surface area contributed by atoms with Gasteiger partial charge < -0.3 is 10.1 Å². The molecule has 0 saturated carbocycles. The van der Waals surface area contributed by atoms with E-state index in [2.05, 4.69) is 15.3 Å². The molecule has 1 N–H and O–H groups in total. The van der Waals surface area contributed by atoms with Crippen molar-refractivity contribution in [3.63, 3.8) is 0 Å². The lowest BCUT2D eigenvalue weighted by atomic mass is 10.3. The molecule has 112 valence electrons.